The minimum Gasteiger partial charge on any atom is -0.439 e. The highest BCUT2D eigenvalue weighted by Gasteiger charge is 2.07. The van der Waals surface area contributed by atoms with Crippen LogP contribution in [0.3, 0.4) is 0 Å². The minimum atomic E-state index is -0.130. The van der Waals surface area contributed by atoms with E-state index in [2.05, 4.69) is 48.5 Å². The van der Waals surface area contributed by atoms with Crippen LogP contribution in [0.5, 0.6) is 11.6 Å². The summed E-state index contributed by atoms with van der Waals surface area (Å²) in [5.74, 6) is 1.77. The van der Waals surface area contributed by atoms with Crippen LogP contribution in [0.25, 0.3) is 0 Å². The topological polar surface area (TPSA) is 63.2 Å². The van der Waals surface area contributed by atoms with E-state index in [1.165, 1.54) is 18.2 Å². The molecule has 0 aliphatic rings. The zero-order chi connectivity index (χ0) is 18.9. The number of nitrogens with zero attached hydrogens (tertiary/aromatic N) is 1. The molecule has 5 nitrogen and oxygen atoms in total. The van der Waals surface area contributed by atoms with Gasteiger partial charge in [0.25, 0.3) is 5.91 Å². The molecule has 1 unspecified atom stereocenters. The maximum atomic E-state index is 11.7. The Kier molecular flexibility index (Phi) is 7.60. The molecule has 0 bridgehead atoms. The van der Waals surface area contributed by atoms with Gasteiger partial charge < -0.3 is 15.4 Å². The molecule has 140 valence electrons. The van der Waals surface area contributed by atoms with Crippen molar-refractivity contribution in [1.29, 1.82) is 0 Å². The maximum Gasteiger partial charge on any atom is 0.252 e. The van der Waals surface area contributed by atoms with Gasteiger partial charge in [-0.15, -0.1) is 0 Å². The third-order valence-corrected chi connectivity index (χ3v) is 4.11. The number of aromatic nitrogens is 1. The van der Waals surface area contributed by atoms with Gasteiger partial charge in [0.15, 0.2) is 0 Å². The van der Waals surface area contributed by atoms with E-state index < -0.39 is 0 Å². The fourth-order valence-corrected chi connectivity index (χ4v) is 2.49. The average molecular weight is 355 g/mol. The van der Waals surface area contributed by atoms with Crippen molar-refractivity contribution in [2.75, 3.05) is 13.1 Å². The van der Waals surface area contributed by atoms with E-state index in [0.717, 1.165) is 12.3 Å². The van der Waals surface area contributed by atoms with Crippen LogP contribution in [0.2, 0.25) is 0 Å². The van der Waals surface area contributed by atoms with Crippen LogP contribution in [0, 0.1) is 5.92 Å². The number of hydrogen-bond acceptors (Lipinski definition) is 4. The molecule has 0 aliphatic carbocycles. The largest absolute Gasteiger partial charge is 0.439 e. The van der Waals surface area contributed by atoms with E-state index in [1.807, 2.05) is 19.1 Å². The number of carbonyl (C=O) groups is 1. The fraction of sp³-hybridized carbons (Fsp3) is 0.429. The molecular weight excluding hydrogens is 326 g/mol. The summed E-state index contributed by atoms with van der Waals surface area (Å²) < 4.78 is 5.76. The van der Waals surface area contributed by atoms with Crippen LogP contribution >= 0.6 is 0 Å². The lowest BCUT2D eigenvalue weighted by molar-refractivity contribution is 0.0955. The maximum absolute atomic E-state index is 11.7. The second-order valence-corrected chi connectivity index (χ2v) is 6.77. The molecule has 1 amide bonds. The van der Waals surface area contributed by atoms with Crippen LogP contribution in [-0.4, -0.2) is 24.0 Å². The van der Waals surface area contributed by atoms with Crippen molar-refractivity contribution in [2.45, 2.75) is 40.2 Å². The molecule has 26 heavy (non-hydrogen) atoms. The number of hydrogen-bond donors (Lipinski definition) is 2. The number of rotatable bonds is 9. The van der Waals surface area contributed by atoms with E-state index in [0.29, 0.717) is 29.9 Å². The molecule has 2 N–H and O–H groups in total. The zero-order valence-electron chi connectivity index (χ0n) is 16.1. The van der Waals surface area contributed by atoms with Gasteiger partial charge in [-0.05, 0) is 56.5 Å². The Bertz CT molecular complexity index is 681. The van der Waals surface area contributed by atoms with Gasteiger partial charge in [-0.3, -0.25) is 4.79 Å². The molecule has 5 heteroatoms. The molecule has 1 atom stereocenters. The molecular formula is C21H29N3O2. The van der Waals surface area contributed by atoms with Gasteiger partial charge in [0.1, 0.15) is 5.75 Å². The standard InChI is InChI=1S/C21H29N3O2/c1-5-22-21(25)18-8-11-20(24-14-18)26-19-9-6-17(7-10-19)16(4)23-13-12-15(2)3/h6-11,14-16,23H,5,12-13H2,1-4H3,(H,22,25). The summed E-state index contributed by atoms with van der Waals surface area (Å²) in [6.07, 6.45) is 2.69. The van der Waals surface area contributed by atoms with E-state index >= 15 is 0 Å². The van der Waals surface area contributed by atoms with E-state index in [-0.39, 0.29) is 5.91 Å². The van der Waals surface area contributed by atoms with Crippen molar-refractivity contribution >= 4 is 5.91 Å². The highest BCUT2D eigenvalue weighted by atomic mass is 16.5. The Labute approximate surface area is 156 Å². The van der Waals surface area contributed by atoms with Crippen molar-refractivity contribution in [1.82, 2.24) is 15.6 Å². The first-order valence-electron chi connectivity index (χ1n) is 9.25. The number of pyridine rings is 1. The van der Waals surface area contributed by atoms with Gasteiger partial charge in [-0.2, -0.15) is 0 Å². The number of ether oxygens (including phenoxy) is 1. The smallest absolute Gasteiger partial charge is 0.252 e. The summed E-state index contributed by atoms with van der Waals surface area (Å²) >= 11 is 0. The Hall–Kier alpha value is -2.40. The lowest BCUT2D eigenvalue weighted by Crippen LogP contribution is -2.22. The molecule has 0 saturated carbocycles. The average Bonchev–Trinajstić information content (AvgIpc) is 2.63. The van der Waals surface area contributed by atoms with Gasteiger partial charge in [-0.1, -0.05) is 26.0 Å². The summed E-state index contributed by atoms with van der Waals surface area (Å²) in [6, 6.07) is 11.7. The van der Waals surface area contributed by atoms with Crippen LogP contribution < -0.4 is 15.4 Å². The highest BCUT2D eigenvalue weighted by Crippen LogP contribution is 2.22. The molecule has 0 radical (unpaired) electrons. The Morgan fingerprint density at radius 2 is 1.85 bits per heavy atom. The third-order valence-electron chi connectivity index (χ3n) is 4.11. The second-order valence-electron chi connectivity index (χ2n) is 6.77. The van der Waals surface area contributed by atoms with Crippen molar-refractivity contribution in [3.05, 3.63) is 53.7 Å². The van der Waals surface area contributed by atoms with Gasteiger partial charge in [-0.25, -0.2) is 4.98 Å². The zero-order valence-corrected chi connectivity index (χ0v) is 16.1. The molecule has 2 rings (SSSR count). The predicted octanol–water partition coefficient (Wildman–Crippen LogP) is 4.32. The minimum absolute atomic E-state index is 0.130. The molecule has 0 aliphatic heterocycles. The molecule has 1 aromatic heterocycles. The Morgan fingerprint density at radius 1 is 1.12 bits per heavy atom. The predicted molar refractivity (Wildman–Crippen MR) is 105 cm³/mol. The van der Waals surface area contributed by atoms with Crippen LogP contribution in [-0.2, 0) is 0 Å². The normalized spacial score (nSPS) is 12.0. The SMILES string of the molecule is CCNC(=O)c1ccc(Oc2ccc(C(C)NCCC(C)C)cc2)nc1. The number of carbonyl (C=O) groups excluding carboxylic acids is 1. The van der Waals surface area contributed by atoms with E-state index in [4.69, 9.17) is 4.74 Å². The lowest BCUT2D eigenvalue weighted by atomic mass is 10.1. The van der Waals surface area contributed by atoms with Crippen LogP contribution in [0.15, 0.2) is 42.6 Å². The number of benzene rings is 1. The van der Waals surface area contributed by atoms with Crippen LogP contribution in [0.1, 0.15) is 56.1 Å². The van der Waals surface area contributed by atoms with Gasteiger partial charge in [0.05, 0.1) is 5.56 Å². The lowest BCUT2D eigenvalue weighted by Gasteiger charge is -2.15. The Balaban J connectivity index is 1.91. The van der Waals surface area contributed by atoms with E-state index in [9.17, 15) is 4.79 Å². The third kappa shape index (κ3) is 6.15. The first-order chi connectivity index (χ1) is 12.5. The van der Waals surface area contributed by atoms with Gasteiger partial charge >= 0.3 is 0 Å². The van der Waals surface area contributed by atoms with Gasteiger partial charge in [0.2, 0.25) is 5.88 Å². The molecule has 0 saturated heterocycles. The second kappa shape index (κ2) is 9.92. The summed E-state index contributed by atoms with van der Waals surface area (Å²) in [4.78, 5) is 15.9. The van der Waals surface area contributed by atoms with Crippen molar-refractivity contribution in [2.24, 2.45) is 5.92 Å². The van der Waals surface area contributed by atoms with Crippen molar-refractivity contribution in [3.8, 4) is 11.6 Å². The number of amides is 1. The first kappa shape index (κ1) is 19.9. The Morgan fingerprint density at radius 3 is 2.42 bits per heavy atom. The first-order valence-corrected chi connectivity index (χ1v) is 9.25. The quantitative estimate of drug-likeness (QED) is 0.703. The number of nitrogens with one attached hydrogen (secondary N) is 2. The van der Waals surface area contributed by atoms with Crippen LogP contribution in [0.4, 0.5) is 0 Å². The monoisotopic (exact) mass is 355 g/mol. The van der Waals surface area contributed by atoms with Gasteiger partial charge in [0, 0.05) is 24.8 Å². The fourth-order valence-electron chi connectivity index (χ4n) is 2.49. The molecule has 0 spiro atoms. The van der Waals surface area contributed by atoms with Crippen molar-refractivity contribution < 1.29 is 9.53 Å². The summed E-state index contributed by atoms with van der Waals surface area (Å²) in [6.45, 7) is 10.1. The summed E-state index contributed by atoms with van der Waals surface area (Å²) in [5.41, 5.74) is 1.75. The van der Waals surface area contributed by atoms with Crippen molar-refractivity contribution in [3.63, 3.8) is 0 Å². The van der Waals surface area contributed by atoms with E-state index in [1.54, 1.807) is 12.1 Å². The molecule has 1 heterocycles. The molecule has 2 aromatic rings. The molecule has 1 aromatic carbocycles. The summed E-state index contributed by atoms with van der Waals surface area (Å²) in [7, 11) is 0. The summed E-state index contributed by atoms with van der Waals surface area (Å²) in [5, 5.41) is 6.28. The highest BCUT2D eigenvalue weighted by molar-refractivity contribution is 5.93. The molecule has 0 fully saturated rings.